The Bertz CT molecular complexity index is 718. The van der Waals surface area contributed by atoms with Crippen LogP contribution in [0.4, 0.5) is 0 Å². The molecule has 35 heavy (non-hydrogen) atoms. The Morgan fingerprint density at radius 2 is 1.06 bits per heavy atom. The predicted octanol–water partition coefficient (Wildman–Crippen LogP) is -2.46. The molecule has 2 rings (SSSR count). The second-order valence-electron chi connectivity index (χ2n) is 7.63. The third-order valence-electron chi connectivity index (χ3n) is 4.10. The molecule has 2 aromatic carbocycles. The summed E-state index contributed by atoms with van der Waals surface area (Å²) in [4.78, 5) is 26.5. The Hall–Kier alpha value is 0.439. The van der Waals surface area contributed by atoms with Gasteiger partial charge >= 0.3 is 23.9 Å². The zero-order valence-electron chi connectivity index (χ0n) is 21.5. The minimum Gasteiger partial charge on any atom is -1.00 e. The Morgan fingerprint density at radius 3 is 1.26 bits per heavy atom. The van der Waals surface area contributed by atoms with Crippen LogP contribution in [0.5, 0.6) is 0 Å². The van der Waals surface area contributed by atoms with Crippen molar-refractivity contribution in [2.45, 2.75) is 53.9 Å². The number of halogens is 2. The van der Waals surface area contributed by atoms with E-state index in [4.69, 9.17) is 18.1 Å². The van der Waals surface area contributed by atoms with Crippen LogP contribution in [0, 0.1) is 12.1 Å². The summed E-state index contributed by atoms with van der Waals surface area (Å²) in [7, 11) is -7.18. The van der Waals surface area contributed by atoms with Gasteiger partial charge in [-0.05, 0) is 56.9 Å². The molecule has 196 valence electrons. The monoisotopic (exact) mass is 672 g/mol. The van der Waals surface area contributed by atoms with Gasteiger partial charge in [-0.15, -0.1) is 0 Å². The van der Waals surface area contributed by atoms with Crippen molar-refractivity contribution in [1.82, 2.24) is 0 Å². The SMILES string of the molecule is CCO[P+]([O-])(OCC)c1[c]c([P+]([O-])(OCC)OCC)cc(C(C)(C)C)c1.[Cl-].[Cl-].[Sn+2].[c]1ccccc1. The van der Waals surface area contributed by atoms with Crippen molar-refractivity contribution in [2.75, 3.05) is 26.4 Å². The Kier molecular flexibility index (Phi) is 22.3. The fourth-order valence-corrected chi connectivity index (χ4v) is 5.90. The van der Waals surface area contributed by atoms with Gasteiger partial charge in [0.05, 0.1) is 32.5 Å². The molecule has 0 aliphatic heterocycles. The van der Waals surface area contributed by atoms with Crippen LogP contribution in [0.15, 0.2) is 42.5 Å². The molecule has 0 amide bonds. The third-order valence-corrected chi connectivity index (χ3v) is 8.15. The first-order valence-electron chi connectivity index (χ1n) is 10.8. The van der Waals surface area contributed by atoms with E-state index in [1.165, 1.54) is 0 Å². The molecule has 0 saturated heterocycles. The molecule has 0 aliphatic carbocycles. The summed E-state index contributed by atoms with van der Waals surface area (Å²) in [5.74, 6) is 0. The molecule has 11 heteroatoms. The van der Waals surface area contributed by atoms with Crippen LogP contribution in [0.2, 0.25) is 0 Å². The van der Waals surface area contributed by atoms with Crippen LogP contribution in [-0.2, 0) is 23.5 Å². The fourth-order valence-electron chi connectivity index (χ4n) is 2.64. The van der Waals surface area contributed by atoms with Crippen molar-refractivity contribution in [2.24, 2.45) is 0 Å². The van der Waals surface area contributed by atoms with Crippen molar-refractivity contribution >= 4 is 50.4 Å². The summed E-state index contributed by atoms with van der Waals surface area (Å²) in [5.41, 5.74) is 0.533. The second-order valence-corrected chi connectivity index (χ2v) is 11.6. The van der Waals surface area contributed by atoms with E-state index in [2.05, 4.69) is 12.1 Å². The van der Waals surface area contributed by atoms with E-state index >= 15 is 0 Å². The second kappa shape index (κ2) is 19.5. The molecule has 0 fully saturated rings. The molecule has 0 atom stereocenters. The van der Waals surface area contributed by atoms with Gasteiger partial charge in [0.25, 0.3) is 15.9 Å². The van der Waals surface area contributed by atoms with E-state index in [0.717, 1.165) is 5.56 Å². The average molecular weight is 672 g/mol. The fraction of sp³-hybridized carbons (Fsp3) is 0.500. The summed E-state index contributed by atoms with van der Waals surface area (Å²) in [6.07, 6.45) is 0. The van der Waals surface area contributed by atoms with E-state index in [1.807, 2.05) is 51.1 Å². The third kappa shape index (κ3) is 13.2. The van der Waals surface area contributed by atoms with Crippen molar-refractivity contribution in [3.8, 4) is 0 Å². The van der Waals surface area contributed by atoms with Crippen LogP contribution < -0.4 is 45.2 Å². The molecule has 4 radical (unpaired) electrons. The molecule has 0 spiro atoms. The molecular weight excluding hydrogens is 636 g/mol. The van der Waals surface area contributed by atoms with E-state index in [-0.39, 0.29) is 91.2 Å². The smallest absolute Gasteiger partial charge is 1.00 e. The van der Waals surface area contributed by atoms with Gasteiger partial charge in [-0.3, -0.25) is 0 Å². The molecule has 0 saturated carbocycles. The molecule has 6 nitrogen and oxygen atoms in total. The van der Waals surface area contributed by atoms with Gasteiger partial charge in [-0.2, -0.15) is 0 Å². The van der Waals surface area contributed by atoms with Gasteiger partial charge in [0, 0.05) is 0 Å². The van der Waals surface area contributed by atoms with Crippen LogP contribution >= 0.6 is 15.9 Å². The molecule has 0 unspecified atom stereocenters. The van der Waals surface area contributed by atoms with Gasteiger partial charge in [-0.25, -0.2) is 18.1 Å². The van der Waals surface area contributed by atoms with Gasteiger partial charge in [0.2, 0.25) is 0 Å². The van der Waals surface area contributed by atoms with Crippen LogP contribution in [0.1, 0.15) is 54.0 Å². The van der Waals surface area contributed by atoms with E-state index < -0.39 is 15.9 Å². The van der Waals surface area contributed by atoms with Crippen molar-refractivity contribution < 1.29 is 52.7 Å². The number of hydrogen-bond donors (Lipinski definition) is 0. The Morgan fingerprint density at radius 1 is 0.714 bits per heavy atom. The Labute approximate surface area is 242 Å². The molecule has 0 bridgehead atoms. The van der Waals surface area contributed by atoms with E-state index in [0.29, 0.717) is 0 Å². The molecular formula is C24H36Cl2O6P2Sn. The number of hydrogen-bond acceptors (Lipinski definition) is 6. The van der Waals surface area contributed by atoms with E-state index in [9.17, 15) is 9.79 Å². The first-order chi connectivity index (χ1) is 15.1. The number of benzene rings is 2. The van der Waals surface area contributed by atoms with E-state index in [1.54, 1.807) is 39.8 Å². The maximum Gasteiger partial charge on any atom is 2.00 e. The molecule has 0 aromatic heterocycles. The summed E-state index contributed by atoms with van der Waals surface area (Å²) in [5, 5.41) is 0.478. The average Bonchev–Trinajstić information content (AvgIpc) is 2.75. The van der Waals surface area contributed by atoms with Crippen LogP contribution in [0.25, 0.3) is 0 Å². The zero-order chi connectivity index (χ0) is 24.3. The standard InChI is InChI=1S/C18H31O6P2.C6H5.2ClH.Sn/c1-8-21-25(19,22-9-2)16-12-15(18(5,6)7)13-17(14-16)26(20,23-10-3)24-11-4;1-2-4-6-5-3-1;;;/h12-13H,8-11H2,1-7H3;1-5H;2*1H;/q;;;;+2/p-2. The van der Waals surface area contributed by atoms with Crippen molar-refractivity contribution in [3.05, 3.63) is 60.2 Å². The van der Waals surface area contributed by atoms with Crippen molar-refractivity contribution in [3.63, 3.8) is 0 Å². The zero-order valence-corrected chi connectivity index (χ0v) is 27.6. The first kappa shape index (κ1) is 39.9. The quantitative estimate of drug-likeness (QED) is 0.206. The number of rotatable bonds is 10. The molecule has 0 aliphatic rings. The first-order valence-corrected chi connectivity index (χ1v) is 13.9. The van der Waals surface area contributed by atoms with Gasteiger partial charge < -0.3 is 34.6 Å². The maximum atomic E-state index is 13.2. The Balaban J connectivity index is -0.000000991. The summed E-state index contributed by atoms with van der Waals surface area (Å²) >= 11 is 0. The summed E-state index contributed by atoms with van der Waals surface area (Å²) in [6.45, 7) is 13.9. The maximum absolute atomic E-state index is 13.2. The normalized spacial score (nSPS) is 11.2. The summed E-state index contributed by atoms with van der Waals surface area (Å²) in [6, 6.07) is 18.9. The largest absolute Gasteiger partial charge is 2.00 e. The molecule has 0 heterocycles. The minimum atomic E-state index is -3.59. The van der Waals surface area contributed by atoms with Crippen LogP contribution in [0.3, 0.4) is 0 Å². The summed E-state index contributed by atoms with van der Waals surface area (Å²) < 4.78 is 21.8. The predicted molar refractivity (Wildman–Crippen MR) is 135 cm³/mol. The van der Waals surface area contributed by atoms with Gasteiger partial charge in [0.1, 0.15) is 0 Å². The van der Waals surface area contributed by atoms with Crippen LogP contribution in [-0.4, -0.2) is 50.3 Å². The van der Waals surface area contributed by atoms with Gasteiger partial charge in [0.15, 0.2) is 10.6 Å². The minimum absolute atomic E-state index is 0. The topological polar surface area (TPSA) is 83.0 Å². The molecule has 2 aromatic rings. The van der Waals surface area contributed by atoms with Gasteiger partial charge in [-0.1, -0.05) is 51.1 Å². The van der Waals surface area contributed by atoms with Crippen molar-refractivity contribution in [1.29, 1.82) is 0 Å². The molecule has 0 N–H and O–H groups in total.